The summed E-state index contributed by atoms with van der Waals surface area (Å²) in [4.78, 5) is 27.2. The number of likely N-dealkylation sites (N-methyl/N-ethyl adjacent to an activating group) is 1. The monoisotopic (exact) mass is 374 g/mol. The van der Waals surface area contributed by atoms with Crippen molar-refractivity contribution in [2.45, 2.75) is 20.3 Å². The van der Waals surface area contributed by atoms with Gasteiger partial charge in [0.05, 0.1) is 5.71 Å². The maximum absolute atomic E-state index is 12.3. The third kappa shape index (κ3) is 5.68. The fourth-order valence-electron chi connectivity index (χ4n) is 2.42. The molecule has 0 aromatic heterocycles. The second kappa shape index (κ2) is 10.8. The standard InChI is InChI=1S/C19H26N4O4/c1-12(2)11-16(22-25-5)13(3)18(27-20)15-10-8-7-9-14(15)17(23-26-6)19(24)21-4/h7-10H,1,11,20H2,2-6H3,(H,21,24)/b18-13+,22-16+,23-17+. The first-order valence-corrected chi connectivity index (χ1v) is 8.16. The molecule has 0 radical (unpaired) electrons. The second-order valence-corrected chi connectivity index (χ2v) is 5.67. The number of nitrogens with zero attached hydrogens (tertiary/aromatic N) is 2. The van der Waals surface area contributed by atoms with Crippen molar-refractivity contribution >= 4 is 23.1 Å². The molecule has 0 saturated heterocycles. The van der Waals surface area contributed by atoms with Crippen LogP contribution in [0.15, 0.2) is 52.3 Å². The summed E-state index contributed by atoms with van der Waals surface area (Å²) in [5.41, 5.74) is 3.27. The number of rotatable bonds is 9. The fourth-order valence-corrected chi connectivity index (χ4v) is 2.42. The van der Waals surface area contributed by atoms with E-state index in [1.807, 2.05) is 6.92 Å². The number of carbonyl (C=O) groups is 1. The van der Waals surface area contributed by atoms with E-state index >= 15 is 0 Å². The molecule has 0 saturated carbocycles. The van der Waals surface area contributed by atoms with E-state index in [2.05, 4.69) is 22.2 Å². The molecule has 0 spiro atoms. The van der Waals surface area contributed by atoms with E-state index in [0.29, 0.717) is 34.6 Å². The van der Waals surface area contributed by atoms with E-state index in [1.54, 1.807) is 31.2 Å². The normalized spacial score (nSPS) is 12.8. The van der Waals surface area contributed by atoms with Crippen LogP contribution >= 0.6 is 0 Å². The van der Waals surface area contributed by atoms with Gasteiger partial charge in [-0.15, -0.1) is 0 Å². The Morgan fingerprint density at radius 1 is 1.15 bits per heavy atom. The molecule has 1 aromatic carbocycles. The van der Waals surface area contributed by atoms with Crippen LogP contribution in [0.1, 0.15) is 31.4 Å². The topological polar surface area (TPSA) is 108 Å². The van der Waals surface area contributed by atoms with E-state index in [1.165, 1.54) is 21.3 Å². The minimum absolute atomic E-state index is 0.0862. The first kappa shape index (κ1) is 21.9. The molecule has 0 aliphatic rings. The van der Waals surface area contributed by atoms with Crippen molar-refractivity contribution in [3.63, 3.8) is 0 Å². The Morgan fingerprint density at radius 3 is 2.22 bits per heavy atom. The Balaban J connectivity index is 3.66. The van der Waals surface area contributed by atoms with Crippen molar-refractivity contribution in [3.8, 4) is 0 Å². The highest BCUT2D eigenvalue weighted by molar-refractivity contribution is 6.45. The van der Waals surface area contributed by atoms with Gasteiger partial charge in [-0.05, 0) is 13.8 Å². The number of nitrogens with two attached hydrogens (primary N) is 1. The van der Waals surface area contributed by atoms with E-state index in [4.69, 9.17) is 20.4 Å². The smallest absolute Gasteiger partial charge is 0.273 e. The van der Waals surface area contributed by atoms with E-state index in [0.717, 1.165) is 5.57 Å². The average molecular weight is 374 g/mol. The first-order chi connectivity index (χ1) is 12.9. The maximum Gasteiger partial charge on any atom is 0.273 e. The van der Waals surface area contributed by atoms with Crippen LogP contribution in [0, 0.1) is 0 Å². The van der Waals surface area contributed by atoms with Gasteiger partial charge in [-0.25, -0.2) is 0 Å². The fraction of sp³-hybridized carbons (Fsp3) is 0.316. The minimum atomic E-state index is -0.411. The molecule has 8 heteroatoms. The number of hydrogen-bond acceptors (Lipinski definition) is 7. The highest BCUT2D eigenvalue weighted by atomic mass is 16.6. The number of hydrogen-bond donors (Lipinski definition) is 2. The van der Waals surface area contributed by atoms with E-state index in [-0.39, 0.29) is 5.71 Å². The van der Waals surface area contributed by atoms with Gasteiger partial charge in [0.15, 0.2) is 11.5 Å². The largest absolute Gasteiger partial charge is 0.411 e. The second-order valence-electron chi connectivity index (χ2n) is 5.67. The molecule has 3 N–H and O–H groups in total. The van der Waals surface area contributed by atoms with Gasteiger partial charge >= 0.3 is 0 Å². The van der Waals surface area contributed by atoms with Gasteiger partial charge in [0.1, 0.15) is 14.2 Å². The molecule has 146 valence electrons. The van der Waals surface area contributed by atoms with Crippen LogP contribution in [0.5, 0.6) is 0 Å². The number of oxime groups is 2. The van der Waals surface area contributed by atoms with E-state index in [9.17, 15) is 4.79 Å². The quantitative estimate of drug-likeness (QED) is 0.299. The lowest BCUT2D eigenvalue weighted by Gasteiger charge is -2.16. The van der Waals surface area contributed by atoms with Crippen LogP contribution in [0.3, 0.4) is 0 Å². The highest BCUT2D eigenvalue weighted by Gasteiger charge is 2.22. The third-order valence-corrected chi connectivity index (χ3v) is 3.61. The molecular weight excluding hydrogens is 348 g/mol. The summed E-state index contributed by atoms with van der Waals surface area (Å²) in [6.07, 6.45) is 0.475. The molecule has 27 heavy (non-hydrogen) atoms. The van der Waals surface area contributed by atoms with Crippen molar-refractivity contribution in [3.05, 3.63) is 53.1 Å². The lowest BCUT2D eigenvalue weighted by Crippen LogP contribution is -2.29. The summed E-state index contributed by atoms with van der Waals surface area (Å²) in [5, 5.41) is 10.4. The molecule has 1 rings (SSSR count). The van der Waals surface area contributed by atoms with Crippen molar-refractivity contribution in [1.82, 2.24) is 5.32 Å². The van der Waals surface area contributed by atoms with Crippen molar-refractivity contribution in [2.75, 3.05) is 21.3 Å². The molecule has 8 nitrogen and oxygen atoms in total. The van der Waals surface area contributed by atoms with Crippen molar-refractivity contribution in [2.24, 2.45) is 16.2 Å². The van der Waals surface area contributed by atoms with Crippen molar-refractivity contribution in [1.29, 1.82) is 0 Å². The van der Waals surface area contributed by atoms with Crippen LogP contribution in [-0.2, 0) is 19.3 Å². The Labute approximate surface area is 159 Å². The minimum Gasteiger partial charge on any atom is -0.411 e. The summed E-state index contributed by atoms with van der Waals surface area (Å²) in [5.74, 6) is 5.49. The average Bonchev–Trinajstić information content (AvgIpc) is 2.66. The summed E-state index contributed by atoms with van der Waals surface area (Å²) >= 11 is 0. The Morgan fingerprint density at radius 2 is 1.74 bits per heavy atom. The van der Waals surface area contributed by atoms with Crippen LogP contribution in [0.4, 0.5) is 0 Å². The van der Waals surface area contributed by atoms with Crippen LogP contribution in [-0.4, -0.2) is 38.6 Å². The lowest BCUT2D eigenvalue weighted by atomic mass is 9.96. The predicted octanol–water partition coefficient (Wildman–Crippen LogP) is 2.37. The lowest BCUT2D eigenvalue weighted by molar-refractivity contribution is -0.114. The van der Waals surface area contributed by atoms with Gasteiger partial charge in [0.2, 0.25) is 0 Å². The van der Waals surface area contributed by atoms with Crippen molar-refractivity contribution < 1.29 is 19.3 Å². The van der Waals surface area contributed by atoms with Gasteiger partial charge in [-0.2, -0.15) is 5.90 Å². The molecule has 0 bridgehead atoms. The Hall–Kier alpha value is -3.13. The van der Waals surface area contributed by atoms with Crippen LogP contribution in [0.25, 0.3) is 5.76 Å². The zero-order valence-corrected chi connectivity index (χ0v) is 16.3. The molecule has 0 unspecified atom stereocenters. The zero-order chi connectivity index (χ0) is 20.4. The zero-order valence-electron chi connectivity index (χ0n) is 16.3. The molecule has 0 heterocycles. The predicted molar refractivity (Wildman–Crippen MR) is 106 cm³/mol. The summed E-state index contributed by atoms with van der Waals surface area (Å²) in [7, 11) is 4.33. The molecular formula is C19H26N4O4. The maximum atomic E-state index is 12.3. The summed E-state index contributed by atoms with van der Waals surface area (Å²) in [6.45, 7) is 7.58. The SMILES string of the molecule is C=C(C)CC(=N\OC)/C(C)=C(/ON)c1ccccc1/C(=N\OC)C(=O)NC. The van der Waals surface area contributed by atoms with Gasteiger partial charge in [0, 0.05) is 30.2 Å². The number of nitrogens with one attached hydrogen (secondary N) is 1. The first-order valence-electron chi connectivity index (χ1n) is 8.16. The molecule has 0 atom stereocenters. The number of benzene rings is 1. The van der Waals surface area contributed by atoms with Gasteiger partial charge < -0.3 is 19.8 Å². The highest BCUT2D eigenvalue weighted by Crippen LogP contribution is 2.26. The molecule has 0 aliphatic carbocycles. The third-order valence-electron chi connectivity index (χ3n) is 3.61. The Bertz CT molecular complexity index is 782. The van der Waals surface area contributed by atoms with E-state index < -0.39 is 5.91 Å². The van der Waals surface area contributed by atoms with Gasteiger partial charge in [0.25, 0.3) is 5.91 Å². The molecule has 0 aliphatic heterocycles. The van der Waals surface area contributed by atoms with Crippen LogP contribution < -0.4 is 11.2 Å². The number of amides is 1. The van der Waals surface area contributed by atoms with Gasteiger partial charge in [-0.1, -0.05) is 46.7 Å². The number of carbonyl (C=O) groups excluding carboxylic acids is 1. The summed E-state index contributed by atoms with van der Waals surface area (Å²) in [6, 6.07) is 7.06. The molecule has 1 amide bonds. The number of allylic oxidation sites excluding steroid dienone is 2. The van der Waals surface area contributed by atoms with Gasteiger partial charge in [-0.3, -0.25) is 4.79 Å². The van der Waals surface area contributed by atoms with Crippen LogP contribution in [0.2, 0.25) is 0 Å². The molecule has 0 fully saturated rings. The molecule has 1 aromatic rings. The summed E-state index contributed by atoms with van der Waals surface area (Å²) < 4.78 is 0. The Kier molecular flexibility index (Phi) is 8.74.